The molecule has 0 aliphatic carbocycles. The van der Waals surface area contributed by atoms with Gasteiger partial charge in [0.15, 0.2) is 0 Å². The number of ether oxygens (including phenoxy) is 1. The Kier molecular flexibility index (Phi) is 4.14. The van der Waals surface area contributed by atoms with Crippen molar-refractivity contribution in [3.63, 3.8) is 0 Å². The van der Waals surface area contributed by atoms with Crippen molar-refractivity contribution in [3.05, 3.63) is 0 Å². The maximum absolute atomic E-state index is 11.2. The van der Waals surface area contributed by atoms with E-state index in [1.54, 1.807) is 6.92 Å². The van der Waals surface area contributed by atoms with Crippen LogP contribution in [0.2, 0.25) is 0 Å². The summed E-state index contributed by atoms with van der Waals surface area (Å²) in [5.74, 6) is -0.222. The lowest BCUT2D eigenvalue weighted by Gasteiger charge is -2.32. The standard InChI is InChI=1S/C9H18O3P/c1-2-12-9(10)8-13(11)6-4-3-5-7-13/h11H,2-8H2,1H3. The lowest BCUT2D eigenvalue weighted by atomic mass is 10.3. The van der Waals surface area contributed by atoms with E-state index in [0.717, 1.165) is 25.2 Å². The largest absolute Gasteiger partial charge is 0.466 e. The molecule has 0 saturated carbocycles. The summed E-state index contributed by atoms with van der Waals surface area (Å²) in [5, 5.41) is 0. The third-order valence-corrected chi connectivity index (χ3v) is 5.52. The third kappa shape index (κ3) is 3.61. The zero-order valence-corrected chi connectivity index (χ0v) is 9.06. The lowest BCUT2D eigenvalue weighted by Crippen LogP contribution is -2.19. The van der Waals surface area contributed by atoms with Gasteiger partial charge >= 0.3 is 5.97 Å². The Morgan fingerprint density at radius 1 is 1.38 bits per heavy atom. The molecule has 13 heavy (non-hydrogen) atoms. The van der Waals surface area contributed by atoms with E-state index in [2.05, 4.69) is 0 Å². The molecule has 0 aromatic rings. The molecular weight excluding hydrogens is 187 g/mol. The zero-order chi connectivity index (χ0) is 9.73. The van der Waals surface area contributed by atoms with Crippen LogP contribution in [0, 0.1) is 0 Å². The minimum absolute atomic E-state index is 0.222. The van der Waals surface area contributed by atoms with Crippen LogP contribution in [0.4, 0.5) is 0 Å². The number of hydrogen-bond acceptors (Lipinski definition) is 3. The van der Waals surface area contributed by atoms with Crippen molar-refractivity contribution < 1.29 is 14.4 Å². The predicted molar refractivity (Wildman–Crippen MR) is 54.2 cm³/mol. The molecule has 1 saturated heterocycles. The molecule has 0 spiro atoms. The minimum Gasteiger partial charge on any atom is -0.466 e. The molecule has 1 heterocycles. The molecular formula is C9H18O3P. The first-order chi connectivity index (χ1) is 6.16. The topological polar surface area (TPSA) is 46.5 Å². The number of esters is 1. The Hall–Kier alpha value is -0.140. The van der Waals surface area contributed by atoms with Gasteiger partial charge < -0.3 is 9.63 Å². The van der Waals surface area contributed by atoms with Gasteiger partial charge in [-0.3, -0.25) is 4.79 Å². The fourth-order valence-electron chi connectivity index (χ4n) is 1.71. The summed E-state index contributed by atoms with van der Waals surface area (Å²) in [7, 11) is -1.92. The highest BCUT2D eigenvalue weighted by Crippen LogP contribution is 2.58. The van der Waals surface area contributed by atoms with Crippen molar-refractivity contribution in [2.24, 2.45) is 0 Å². The fourth-order valence-corrected chi connectivity index (χ4v) is 4.44. The summed E-state index contributed by atoms with van der Waals surface area (Å²) in [6.07, 6.45) is 5.33. The summed E-state index contributed by atoms with van der Waals surface area (Å²) < 4.78 is 4.84. The zero-order valence-electron chi connectivity index (χ0n) is 8.16. The maximum Gasteiger partial charge on any atom is 0.312 e. The summed E-state index contributed by atoms with van der Waals surface area (Å²) in [5.41, 5.74) is 0. The molecule has 0 aromatic heterocycles. The average Bonchev–Trinajstić information content (AvgIpc) is 2.04. The molecule has 4 heteroatoms. The molecule has 77 valence electrons. The van der Waals surface area contributed by atoms with Crippen molar-refractivity contribution in [1.29, 1.82) is 0 Å². The minimum atomic E-state index is -1.92. The lowest BCUT2D eigenvalue weighted by molar-refractivity contribution is -0.140. The van der Waals surface area contributed by atoms with Gasteiger partial charge in [-0.2, -0.15) is 0 Å². The Morgan fingerprint density at radius 3 is 2.54 bits per heavy atom. The molecule has 0 atom stereocenters. The van der Waals surface area contributed by atoms with Crippen LogP contribution >= 0.6 is 7.49 Å². The first kappa shape index (κ1) is 10.9. The van der Waals surface area contributed by atoms with Crippen molar-refractivity contribution in [1.82, 2.24) is 0 Å². The van der Waals surface area contributed by atoms with Gasteiger partial charge in [0.2, 0.25) is 0 Å². The van der Waals surface area contributed by atoms with Gasteiger partial charge in [0.05, 0.1) is 12.8 Å². The summed E-state index contributed by atoms with van der Waals surface area (Å²) in [4.78, 5) is 21.2. The van der Waals surface area contributed by atoms with Gasteiger partial charge in [-0.15, -0.1) is 0 Å². The highest BCUT2D eigenvalue weighted by atomic mass is 31.2. The smallest absolute Gasteiger partial charge is 0.312 e. The third-order valence-electron chi connectivity index (χ3n) is 2.38. The first-order valence-corrected chi connectivity index (χ1v) is 7.20. The molecule has 1 N–H and O–H groups in total. The fraction of sp³-hybridized carbons (Fsp3) is 0.889. The summed E-state index contributed by atoms with van der Waals surface area (Å²) >= 11 is 0. The van der Waals surface area contributed by atoms with Crippen LogP contribution in [0.3, 0.4) is 0 Å². The van der Waals surface area contributed by atoms with Gasteiger partial charge in [0.25, 0.3) is 0 Å². The van der Waals surface area contributed by atoms with Crippen molar-refractivity contribution in [2.45, 2.75) is 26.2 Å². The van der Waals surface area contributed by atoms with Gasteiger partial charge in [-0.1, -0.05) is 6.42 Å². The highest BCUT2D eigenvalue weighted by Gasteiger charge is 2.30. The Bertz CT molecular complexity index is 176. The van der Waals surface area contributed by atoms with Gasteiger partial charge in [-0.05, 0) is 39.6 Å². The van der Waals surface area contributed by atoms with Crippen LogP contribution < -0.4 is 0 Å². The van der Waals surface area contributed by atoms with Gasteiger partial charge in [0.1, 0.15) is 0 Å². The van der Waals surface area contributed by atoms with E-state index in [4.69, 9.17) is 4.74 Å². The Balaban J connectivity index is 2.36. The molecule has 1 radical (unpaired) electrons. The normalized spacial score (nSPS) is 21.1. The number of carbonyl (C=O) groups is 1. The molecule has 0 bridgehead atoms. The number of rotatable bonds is 3. The summed E-state index contributed by atoms with van der Waals surface area (Å²) in [6, 6.07) is 0. The van der Waals surface area contributed by atoms with Crippen molar-refractivity contribution >= 4 is 13.5 Å². The van der Waals surface area contributed by atoms with E-state index in [1.807, 2.05) is 0 Å². The average molecular weight is 205 g/mol. The summed E-state index contributed by atoms with van der Waals surface area (Å²) in [6.45, 7) is 2.21. The van der Waals surface area contributed by atoms with E-state index >= 15 is 0 Å². The monoisotopic (exact) mass is 205 g/mol. The Labute approximate surface area is 79.9 Å². The van der Waals surface area contributed by atoms with Crippen molar-refractivity contribution in [2.75, 3.05) is 25.1 Å². The second-order valence-corrected chi connectivity index (χ2v) is 6.97. The number of hydrogen-bond donors (Lipinski definition) is 1. The van der Waals surface area contributed by atoms with Crippen LogP contribution in [-0.4, -0.2) is 36.0 Å². The van der Waals surface area contributed by atoms with Crippen LogP contribution in [-0.2, 0) is 9.53 Å². The van der Waals surface area contributed by atoms with E-state index in [-0.39, 0.29) is 12.1 Å². The second kappa shape index (κ2) is 4.92. The first-order valence-electron chi connectivity index (χ1n) is 4.91. The molecule has 0 unspecified atom stereocenters. The maximum atomic E-state index is 11.2. The molecule has 1 rings (SSSR count). The van der Waals surface area contributed by atoms with E-state index in [9.17, 15) is 9.69 Å². The molecule has 1 aliphatic rings. The molecule has 3 nitrogen and oxygen atoms in total. The SMILES string of the molecule is CCOC(=O)C[P]1(O)CCCCC1. The van der Waals surface area contributed by atoms with E-state index in [1.165, 1.54) is 6.42 Å². The van der Waals surface area contributed by atoms with Gasteiger partial charge in [-0.25, -0.2) is 0 Å². The molecule has 0 aromatic carbocycles. The second-order valence-electron chi connectivity index (χ2n) is 3.57. The molecule has 0 amide bonds. The molecule has 1 fully saturated rings. The van der Waals surface area contributed by atoms with E-state index in [0.29, 0.717) is 6.61 Å². The van der Waals surface area contributed by atoms with E-state index < -0.39 is 7.49 Å². The Morgan fingerprint density at radius 2 is 2.00 bits per heavy atom. The quantitative estimate of drug-likeness (QED) is 0.563. The predicted octanol–water partition coefficient (Wildman–Crippen LogP) is 1.66. The van der Waals surface area contributed by atoms with Crippen LogP contribution in [0.1, 0.15) is 26.2 Å². The molecule has 1 aliphatic heterocycles. The van der Waals surface area contributed by atoms with Crippen LogP contribution in [0.5, 0.6) is 0 Å². The van der Waals surface area contributed by atoms with Crippen LogP contribution in [0.25, 0.3) is 0 Å². The van der Waals surface area contributed by atoms with Crippen LogP contribution in [0.15, 0.2) is 0 Å². The van der Waals surface area contributed by atoms with Crippen molar-refractivity contribution in [3.8, 4) is 0 Å². The highest BCUT2D eigenvalue weighted by molar-refractivity contribution is 7.71. The number of carbonyl (C=O) groups excluding carboxylic acids is 1. The van der Waals surface area contributed by atoms with Gasteiger partial charge in [0, 0.05) is 0 Å².